The molecular formula is C21H12Cl2N2O2S. The van der Waals surface area contributed by atoms with Crippen LogP contribution in [0.5, 0.6) is 0 Å². The molecule has 0 saturated heterocycles. The van der Waals surface area contributed by atoms with Crippen molar-refractivity contribution < 1.29 is 9.59 Å². The first kappa shape index (κ1) is 18.6. The molecule has 0 aromatic heterocycles. The second-order valence-electron chi connectivity index (χ2n) is 6.17. The molecule has 2 N–H and O–H groups in total. The van der Waals surface area contributed by atoms with E-state index in [4.69, 9.17) is 35.4 Å². The van der Waals surface area contributed by atoms with Crippen LogP contribution in [-0.4, -0.2) is 16.7 Å². The molecule has 138 valence electrons. The summed E-state index contributed by atoms with van der Waals surface area (Å²) in [7, 11) is 0. The third-order valence-electron chi connectivity index (χ3n) is 4.32. The van der Waals surface area contributed by atoms with Crippen LogP contribution in [0.4, 0.5) is 11.4 Å². The monoisotopic (exact) mass is 426 g/mol. The Hall–Kier alpha value is -2.73. The summed E-state index contributed by atoms with van der Waals surface area (Å²) < 4.78 is 0. The highest BCUT2D eigenvalue weighted by atomic mass is 35.5. The van der Waals surface area contributed by atoms with Crippen LogP contribution in [0.2, 0.25) is 10.0 Å². The first-order valence-electron chi connectivity index (χ1n) is 8.29. The number of benzene rings is 3. The van der Waals surface area contributed by atoms with Gasteiger partial charge in [0.2, 0.25) is 0 Å². The molecule has 0 aliphatic heterocycles. The summed E-state index contributed by atoms with van der Waals surface area (Å²) in [5.41, 5.74) is 2.51. The molecule has 1 aliphatic carbocycles. The molecule has 0 saturated carbocycles. The largest absolute Gasteiger partial charge is 0.332 e. The molecule has 4 rings (SSSR count). The first-order valence-corrected chi connectivity index (χ1v) is 9.46. The van der Waals surface area contributed by atoms with E-state index in [-0.39, 0.29) is 16.7 Å². The lowest BCUT2D eigenvalue weighted by molar-refractivity contribution is 0.0979. The minimum atomic E-state index is -0.220. The van der Waals surface area contributed by atoms with Crippen molar-refractivity contribution in [1.29, 1.82) is 0 Å². The Kier molecular flexibility index (Phi) is 4.89. The van der Waals surface area contributed by atoms with Crippen LogP contribution < -0.4 is 10.6 Å². The van der Waals surface area contributed by atoms with Crippen molar-refractivity contribution in [2.45, 2.75) is 0 Å². The van der Waals surface area contributed by atoms with Gasteiger partial charge in [0, 0.05) is 32.4 Å². The number of nitrogens with one attached hydrogen (secondary N) is 2. The van der Waals surface area contributed by atoms with Crippen LogP contribution in [0.25, 0.3) is 0 Å². The molecule has 0 spiro atoms. The zero-order valence-corrected chi connectivity index (χ0v) is 16.6. The first-order chi connectivity index (χ1) is 13.4. The average molecular weight is 427 g/mol. The SMILES string of the molecule is O=C1c2ccccc2C(=O)c2c(NC(=S)Nc3cc(Cl)cc(Cl)c3)cccc21. The standard InChI is InChI=1S/C21H12Cl2N2O2S/c22-11-8-12(23)10-13(9-11)24-21(28)25-17-7-3-6-16-18(17)20(27)15-5-2-1-4-14(15)19(16)26/h1-10H,(H2,24,25,28). The molecule has 28 heavy (non-hydrogen) atoms. The van der Waals surface area contributed by atoms with Gasteiger partial charge in [-0.2, -0.15) is 0 Å². The Labute approximate surface area is 176 Å². The fraction of sp³-hybridized carbons (Fsp3) is 0. The molecule has 1 aliphatic rings. The quantitative estimate of drug-likeness (QED) is 0.409. The van der Waals surface area contributed by atoms with Crippen molar-refractivity contribution in [2.75, 3.05) is 10.6 Å². The molecule has 0 bridgehead atoms. The Balaban J connectivity index is 1.66. The number of fused-ring (bicyclic) bond motifs is 2. The van der Waals surface area contributed by atoms with Crippen molar-refractivity contribution in [3.05, 3.63) is 93.0 Å². The molecule has 0 heterocycles. The van der Waals surface area contributed by atoms with Gasteiger partial charge in [-0.1, -0.05) is 59.6 Å². The summed E-state index contributed by atoms with van der Waals surface area (Å²) in [5, 5.41) is 7.15. The van der Waals surface area contributed by atoms with Crippen LogP contribution in [0, 0.1) is 0 Å². The molecule has 0 atom stereocenters. The Morgan fingerprint density at radius 2 is 1.36 bits per heavy atom. The van der Waals surface area contributed by atoms with E-state index in [2.05, 4.69) is 10.6 Å². The summed E-state index contributed by atoms with van der Waals surface area (Å²) >= 11 is 17.4. The topological polar surface area (TPSA) is 58.2 Å². The van der Waals surface area contributed by atoms with E-state index in [1.807, 2.05) is 0 Å². The van der Waals surface area contributed by atoms with Gasteiger partial charge in [0.1, 0.15) is 0 Å². The third-order valence-corrected chi connectivity index (χ3v) is 4.96. The zero-order chi connectivity index (χ0) is 19.8. The highest BCUT2D eigenvalue weighted by Gasteiger charge is 2.31. The van der Waals surface area contributed by atoms with Gasteiger partial charge in [-0.15, -0.1) is 0 Å². The van der Waals surface area contributed by atoms with Gasteiger partial charge in [-0.05, 0) is 36.5 Å². The number of hydrogen-bond donors (Lipinski definition) is 2. The van der Waals surface area contributed by atoms with E-state index in [1.165, 1.54) is 0 Å². The van der Waals surface area contributed by atoms with Crippen molar-refractivity contribution in [3.8, 4) is 0 Å². The maximum atomic E-state index is 13.0. The normalized spacial score (nSPS) is 12.2. The van der Waals surface area contributed by atoms with Crippen molar-refractivity contribution in [2.24, 2.45) is 0 Å². The van der Waals surface area contributed by atoms with Gasteiger partial charge < -0.3 is 10.6 Å². The number of carbonyl (C=O) groups is 2. The number of carbonyl (C=O) groups excluding carboxylic acids is 2. The minimum absolute atomic E-state index is 0.186. The average Bonchev–Trinajstić information content (AvgIpc) is 2.65. The van der Waals surface area contributed by atoms with Gasteiger partial charge in [-0.3, -0.25) is 9.59 Å². The van der Waals surface area contributed by atoms with Gasteiger partial charge in [0.05, 0.1) is 11.3 Å². The van der Waals surface area contributed by atoms with E-state index in [0.29, 0.717) is 43.7 Å². The number of rotatable bonds is 2. The summed E-state index contributed by atoms with van der Waals surface area (Å²) in [6.45, 7) is 0. The number of halogens is 2. The molecule has 0 fully saturated rings. The van der Waals surface area contributed by atoms with Crippen LogP contribution in [0.1, 0.15) is 31.8 Å². The maximum Gasteiger partial charge on any atom is 0.196 e. The highest BCUT2D eigenvalue weighted by molar-refractivity contribution is 7.80. The second-order valence-corrected chi connectivity index (χ2v) is 7.45. The van der Waals surface area contributed by atoms with Crippen molar-refractivity contribution in [1.82, 2.24) is 0 Å². The zero-order valence-electron chi connectivity index (χ0n) is 14.3. The lowest BCUT2D eigenvalue weighted by Gasteiger charge is -2.21. The Bertz CT molecular complexity index is 1140. The molecule has 3 aromatic rings. The van der Waals surface area contributed by atoms with E-state index in [1.54, 1.807) is 60.7 Å². The summed E-state index contributed by atoms with van der Waals surface area (Å²) in [4.78, 5) is 25.8. The van der Waals surface area contributed by atoms with Crippen LogP contribution in [0.3, 0.4) is 0 Å². The highest BCUT2D eigenvalue weighted by Crippen LogP contribution is 2.32. The predicted molar refractivity (Wildman–Crippen MR) is 116 cm³/mol. The lowest BCUT2D eigenvalue weighted by Crippen LogP contribution is -2.25. The molecule has 0 unspecified atom stereocenters. The smallest absolute Gasteiger partial charge is 0.196 e. The Morgan fingerprint density at radius 3 is 2.04 bits per heavy atom. The number of thiocarbonyl (C=S) groups is 1. The fourth-order valence-corrected chi connectivity index (χ4v) is 3.91. The number of anilines is 2. The van der Waals surface area contributed by atoms with E-state index in [9.17, 15) is 9.59 Å². The Morgan fingerprint density at radius 1 is 0.750 bits per heavy atom. The van der Waals surface area contributed by atoms with Gasteiger partial charge in [-0.25, -0.2) is 0 Å². The van der Waals surface area contributed by atoms with Gasteiger partial charge in [0.15, 0.2) is 16.7 Å². The van der Waals surface area contributed by atoms with E-state index >= 15 is 0 Å². The molecule has 7 heteroatoms. The van der Waals surface area contributed by atoms with Crippen LogP contribution in [-0.2, 0) is 0 Å². The summed E-state index contributed by atoms with van der Waals surface area (Å²) in [6.07, 6.45) is 0. The summed E-state index contributed by atoms with van der Waals surface area (Å²) in [5.74, 6) is -0.406. The molecular weight excluding hydrogens is 415 g/mol. The predicted octanol–water partition coefficient (Wildman–Crippen LogP) is 5.58. The minimum Gasteiger partial charge on any atom is -0.332 e. The van der Waals surface area contributed by atoms with Crippen molar-refractivity contribution >= 4 is 63.5 Å². The van der Waals surface area contributed by atoms with Crippen LogP contribution >= 0.6 is 35.4 Å². The van der Waals surface area contributed by atoms with E-state index in [0.717, 1.165) is 0 Å². The third kappa shape index (κ3) is 3.40. The van der Waals surface area contributed by atoms with Gasteiger partial charge in [0.25, 0.3) is 0 Å². The molecule has 0 radical (unpaired) electrons. The fourth-order valence-electron chi connectivity index (χ4n) is 3.16. The molecule has 3 aromatic carbocycles. The lowest BCUT2D eigenvalue weighted by atomic mass is 9.83. The second kappa shape index (κ2) is 7.36. The number of hydrogen-bond acceptors (Lipinski definition) is 3. The summed E-state index contributed by atoms with van der Waals surface area (Å²) in [6, 6.07) is 16.8. The van der Waals surface area contributed by atoms with Crippen molar-refractivity contribution in [3.63, 3.8) is 0 Å². The maximum absolute atomic E-state index is 13.0. The molecule has 0 amide bonds. The van der Waals surface area contributed by atoms with Crippen LogP contribution in [0.15, 0.2) is 60.7 Å². The van der Waals surface area contributed by atoms with Gasteiger partial charge >= 0.3 is 0 Å². The molecule has 4 nitrogen and oxygen atoms in total. The number of ketones is 2. The van der Waals surface area contributed by atoms with E-state index < -0.39 is 0 Å².